The first-order chi connectivity index (χ1) is 9.57. The van der Waals surface area contributed by atoms with Crippen molar-refractivity contribution in [1.29, 1.82) is 0 Å². The first-order valence-electron chi connectivity index (χ1n) is 8.48. The van der Waals surface area contributed by atoms with E-state index in [0.717, 1.165) is 11.8 Å². The Morgan fingerprint density at radius 2 is 1.85 bits per heavy atom. The van der Waals surface area contributed by atoms with Crippen LogP contribution in [0.25, 0.3) is 0 Å². The smallest absolute Gasteiger partial charge is 0.307 e. The van der Waals surface area contributed by atoms with Gasteiger partial charge in [0, 0.05) is 5.54 Å². The summed E-state index contributed by atoms with van der Waals surface area (Å²) in [4.78, 5) is 14.6. The maximum Gasteiger partial charge on any atom is 0.307 e. The summed E-state index contributed by atoms with van der Waals surface area (Å²) in [7, 11) is 0. The molecule has 1 aliphatic heterocycles. The van der Waals surface area contributed by atoms with Gasteiger partial charge in [-0.15, -0.1) is 0 Å². The van der Waals surface area contributed by atoms with Crippen molar-refractivity contribution in [3.8, 4) is 0 Å². The van der Waals surface area contributed by atoms with E-state index in [1.54, 1.807) is 0 Å². The molecular formula is C17H31NO2. The fourth-order valence-corrected chi connectivity index (χ4v) is 4.12. The van der Waals surface area contributed by atoms with Crippen LogP contribution in [0.4, 0.5) is 0 Å². The van der Waals surface area contributed by atoms with E-state index in [2.05, 4.69) is 18.7 Å². The number of ether oxygens (including phenoxy) is 1. The molecule has 3 nitrogen and oxygen atoms in total. The first kappa shape index (κ1) is 15.8. The lowest BCUT2D eigenvalue weighted by molar-refractivity contribution is -0.147. The first-order valence-corrected chi connectivity index (χ1v) is 8.48. The maximum atomic E-state index is 12.0. The summed E-state index contributed by atoms with van der Waals surface area (Å²) in [6, 6.07) is 0. The quantitative estimate of drug-likeness (QED) is 0.721. The van der Waals surface area contributed by atoms with Crippen molar-refractivity contribution in [3.05, 3.63) is 0 Å². The summed E-state index contributed by atoms with van der Waals surface area (Å²) in [5, 5.41) is 0. The maximum absolute atomic E-state index is 12.0. The molecule has 2 rings (SSSR count). The van der Waals surface area contributed by atoms with Crippen LogP contribution in [0.2, 0.25) is 0 Å². The van der Waals surface area contributed by atoms with Crippen molar-refractivity contribution in [2.24, 2.45) is 11.8 Å². The van der Waals surface area contributed by atoms with Crippen LogP contribution >= 0.6 is 0 Å². The van der Waals surface area contributed by atoms with Crippen molar-refractivity contribution < 1.29 is 9.53 Å². The number of hydrogen-bond acceptors (Lipinski definition) is 3. The minimum Gasteiger partial charge on any atom is -0.466 e. The largest absolute Gasteiger partial charge is 0.466 e. The van der Waals surface area contributed by atoms with E-state index < -0.39 is 0 Å². The number of carbonyl (C=O) groups is 1. The average Bonchev–Trinajstić information content (AvgIpc) is 2.94. The second-order valence-electron chi connectivity index (χ2n) is 6.98. The zero-order valence-corrected chi connectivity index (χ0v) is 13.5. The molecule has 0 atom stereocenters. The molecular weight excluding hydrogens is 250 g/mol. The summed E-state index contributed by atoms with van der Waals surface area (Å²) < 4.78 is 5.24. The lowest BCUT2D eigenvalue weighted by atomic mass is 9.70. The third-order valence-electron chi connectivity index (χ3n) is 5.46. The molecule has 2 fully saturated rings. The number of nitrogens with zero attached hydrogens (tertiary/aromatic N) is 1. The van der Waals surface area contributed by atoms with Crippen LogP contribution in [-0.2, 0) is 9.53 Å². The van der Waals surface area contributed by atoms with E-state index in [1.165, 1.54) is 51.6 Å². The van der Waals surface area contributed by atoms with Gasteiger partial charge in [0.15, 0.2) is 0 Å². The fourth-order valence-electron chi connectivity index (χ4n) is 4.12. The molecule has 1 heterocycles. The molecule has 1 saturated heterocycles. The Bertz CT molecular complexity index is 313. The highest BCUT2D eigenvalue weighted by Gasteiger charge is 2.43. The van der Waals surface area contributed by atoms with Crippen molar-refractivity contribution in [3.63, 3.8) is 0 Å². The van der Waals surface area contributed by atoms with Gasteiger partial charge in [-0.05, 0) is 70.4 Å². The van der Waals surface area contributed by atoms with Gasteiger partial charge < -0.3 is 4.74 Å². The molecule has 0 radical (unpaired) electrons. The molecule has 1 aliphatic carbocycles. The van der Waals surface area contributed by atoms with Gasteiger partial charge in [0.1, 0.15) is 0 Å². The summed E-state index contributed by atoms with van der Waals surface area (Å²) in [6.07, 6.45) is 8.08. The van der Waals surface area contributed by atoms with Crippen molar-refractivity contribution in [2.45, 2.75) is 71.3 Å². The van der Waals surface area contributed by atoms with Gasteiger partial charge in [0.25, 0.3) is 0 Å². The van der Waals surface area contributed by atoms with Gasteiger partial charge in [0.2, 0.25) is 0 Å². The lowest BCUT2D eigenvalue weighted by Crippen LogP contribution is -2.51. The number of rotatable bonds is 5. The van der Waals surface area contributed by atoms with Gasteiger partial charge in [0.05, 0.1) is 13.0 Å². The summed E-state index contributed by atoms with van der Waals surface area (Å²) in [5.74, 6) is 1.62. The van der Waals surface area contributed by atoms with Crippen LogP contribution in [0.1, 0.15) is 65.7 Å². The van der Waals surface area contributed by atoms with E-state index in [-0.39, 0.29) is 11.5 Å². The van der Waals surface area contributed by atoms with Crippen molar-refractivity contribution >= 4 is 5.97 Å². The predicted octanol–water partition coefficient (Wildman–Crippen LogP) is 3.62. The molecule has 0 unspecified atom stereocenters. The van der Waals surface area contributed by atoms with E-state index >= 15 is 0 Å². The van der Waals surface area contributed by atoms with Crippen LogP contribution in [0.5, 0.6) is 0 Å². The molecule has 2 aliphatic rings. The zero-order valence-electron chi connectivity index (χ0n) is 13.5. The molecule has 0 aromatic rings. The van der Waals surface area contributed by atoms with Crippen LogP contribution in [0.3, 0.4) is 0 Å². The third-order valence-corrected chi connectivity index (χ3v) is 5.46. The highest BCUT2D eigenvalue weighted by atomic mass is 16.5. The van der Waals surface area contributed by atoms with Gasteiger partial charge >= 0.3 is 5.97 Å². The monoisotopic (exact) mass is 281 g/mol. The van der Waals surface area contributed by atoms with Gasteiger partial charge in [-0.25, -0.2) is 0 Å². The SMILES string of the molecule is CCOC(=O)CC1(N2CCCC2)CCC(C(C)C)CC1. The minimum absolute atomic E-state index is 0.00222. The Kier molecular flexibility index (Phi) is 5.48. The normalized spacial score (nSPS) is 31.7. The minimum atomic E-state index is 0.00222. The van der Waals surface area contributed by atoms with Crippen LogP contribution in [-0.4, -0.2) is 36.1 Å². The number of carbonyl (C=O) groups excluding carboxylic acids is 1. The molecule has 0 spiro atoms. The Balaban J connectivity index is 2.03. The molecule has 20 heavy (non-hydrogen) atoms. The lowest BCUT2D eigenvalue weighted by Gasteiger charge is -2.47. The van der Waals surface area contributed by atoms with Crippen LogP contribution in [0, 0.1) is 11.8 Å². The Morgan fingerprint density at radius 1 is 1.25 bits per heavy atom. The Hall–Kier alpha value is -0.570. The average molecular weight is 281 g/mol. The highest BCUT2D eigenvalue weighted by molar-refractivity contribution is 5.71. The van der Waals surface area contributed by atoms with Crippen LogP contribution in [0.15, 0.2) is 0 Å². The Morgan fingerprint density at radius 3 is 2.35 bits per heavy atom. The van der Waals surface area contributed by atoms with Gasteiger partial charge in [-0.2, -0.15) is 0 Å². The summed E-state index contributed by atoms with van der Waals surface area (Å²) in [6.45, 7) is 9.41. The summed E-state index contributed by atoms with van der Waals surface area (Å²) in [5.41, 5.74) is 0.105. The highest BCUT2D eigenvalue weighted by Crippen LogP contribution is 2.42. The topological polar surface area (TPSA) is 29.5 Å². The number of esters is 1. The van der Waals surface area contributed by atoms with E-state index in [4.69, 9.17) is 4.74 Å². The van der Waals surface area contributed by atoms with Crippen LogP contribution < -0.4 is 0 Å². The van der Waals surface area contributed by atoms with E-state index in [1.807, 2.05) is 6.92 Å². The number of likely N-dealkylation sites (tertiary alicyclic amines) is 1. The standard InChI is InChI=1S/C17H31NO2/c1-4-20-16(19)13-17(18-11-5-6-12-18)9-7-15(8-10-17)14(2)3/h14-15H,4-13H2,1-3H3. The van der Waals surface area contributed by atoms with E-state index in [0.29, 0.717) is 13.0 Å². The van der Waals surface area contributed by atoms with Gasteiger partial charge in [-0.1, -0.05) is 13.8 Å². The molecule has 0 bridgehead atoms. The number of hydrogen-bond donors (Lipinski definition) is 0. The van der Waals surface area contributed by atoms with E-state index in [9.17, 15) is 4.79 Å². The fraction of sp³-hybridized carbons (Fsp3) is 0.941. The second kappa shape index (κ2) is 6.93. The van der Waals surface area contributed by atoms with Gasteiger partial charge in [-0.3, -0.25) is 9.69 Å². The molecule has 0 aromatic heterocycles. The second-order valence-corrected chi connectivity index (χ2v) is 6.98. The molecule has 3 heteroatoms. The third kappa shape index (κ3) is 3.55. The molecule has 0 aromatic carbocycles. The zero-order chi connectivity index (χ0) is 14.6. The molecule has 116 valence electrons. The summed E-state index contributed by atoms with van der Waals surface area (Å²) >= 11 is 0. The molecule has 0 amide bonds. The Labute approximate surface area is 124 Å². The van der Waals surface area contributed by atoms with Crippen molar-refractivity contribution in [2.75, 3.05) is 19.7 Å². The molecule has 1 saturated carbocycles. The predicted molar refractivity (Wildman–Crippen MR) is 81.6 cm³/mol. The molecule has 0 N–H and O–H groups in total. The van der Waals surface area contributed by atoms with Crippen molar-refractivity contribution in [1.82, 2.24) is 4.90 Å².